The van der Waals surface area contributed by atoms with Crippen LogP contribution in [-0.4, -0.2) is 18.4 Å². The second-order valence-corrected chi connectivity index (χ2v) is 9.59. The van der Waals surface area contributed by atoms with Crippen molar-refractivity contribution in [3.63, 3.8) is 0 Å². The van der Waals surface area contributed by atoms with Gasteiger partial charge in [-0.3, -0.25) is 4.98 Å². The van der Waals surface area contributed by atoms with Crippen molar-refractivity contribution >= 4 is 43.5 Å². The molecule has 2 aromatic heterocycles. The van der Waals surface area contributed by atoms with E-state index in [4.69, 9.17) is 11.6 Å². The average molecular weight is 415 g/mol. The molecule has 136 valence electrons. The number of rotatable bonds is 4. The molecule has 27 heavy (non-hydrogen) atoms. The Morgan fingerprint density at radius 1 is 1.04 bits per heavy atom. The molecule has 7 heteroatoms. The van der Waals surface area contributed by atoms with Crippen LogP contribution in [0.1, 0.15) is 10.6 Å². The van der Waals surface area contributed by atoms with Gasteiger partial charge < -0.3 is 0 Å². The summed E-state index contributed by atoms with van der Waals surface area (Å²) in [6, 6.07) is 12.7. The van der Waals surface area contributed by atoms with Gasteiger partial charge in [0.2, 0.25) is 0 Å². The number of aromatic nitrogens is 2. The molecule has 0 saturated carbocycles. The topological polar surface area (TPSA) is 59.9 Å². The molecule has 4 aromatic rings. The fourth-order valence-corrected chi connectivity index (χ4v) is 5.54. The van der Waals surface area contributed by atoms with Gasteiger partial charge in [-0.25, -0.2) is 13.4 Å². The summed E-state index contributed by atoms with van der Waals surface area (Å²) in [5.41, 5.74) is 2.80. The van der Waals surface area contributed by atoms with E-state index in [9.17, 15) is 8.42 Å². The van der Waals surface area contributed by atoms with Crippen LogP contribution < -0.4 is 0 Å². The third kappa shape index (κ3) is 3.60. The highest BCUT2D eigenvalue weighted by Gasteiger charge is 2.18. The second kappa shape index (κ2) is 7.03. The van der Waals surface area contributed by atoms with Gasteiger partial charge in [-0.2, -0.15) is 0 Å². The van der Waals surface area contributed by atoms with Crippen LogP contribution in [0.5, 0.6) is 0 Å². The largest absolute Gasteiger partial charge is 0.256 e. The molecule has 4 rings (SSSR count). The lowest BCUT2D eigenvalue weighted by atomic mass is 10.0. The lowest BCUT2D eigenvalue weighted by Gasteiger charge is -2.10. The summed E-state index contributed by atoms with van der Waals surface area (Å²) >= 11 is 7.40. The lowest BCUT2D eigenvalue weighted by molar-refractivity contribution is 0.595. The predicted octanol–water partition coefficient (Wildman–Crippen LogP) is 5.29. The molecule has 4 nitrogen and oxygen atoms in total. The maximum atomic E-state index is 12.7. The fraction of sp³-hybridized carbons (Fsp3) is 0.100. The van der Waals surface area contributed by atoms with Crippen molar-refractivity contribution in [2.24, 2.45) is 0 Å². The summed E-state index contributed by atoms with van der Waals surface area (Å²) in [6.07, 6.45) is 3.31. The number of benzene rings is 2. The number of fused-ring (bicyclic) bond motifs is 1. The quantitative estimate of drug-likeness (QED) is 0.455. The molecule has 0 spiro atoms. The van der Waals surface area contributed by atoms with Gasteiger partial charge in [0.05, 0.1) is 10.6 Å². The van der Waals surface area contributed by atoms with Crippen molar-refractivity contribution in [3.8, 4) is 11.3 Å². The summed E-state index contributed by atoms with van der Waals surface area (Å²) in [4.78, 5) is 8.89. The van der Waals surface area contributed by atoms with Gasteiger partial charge in [0.15, 0.2) is 9.84 Å². The number of sulfone groups is 1. The van der Waals surface area contributed by atoms with Crippen LogP contribution >= 0.6 is 22.9 Å². The van der Waals surface area contributed by atoms with Gasteiger partial charge in [0, 0.05) is 33.7 Å². The van der Waals surface area contributed by atoms with E-state index in [1.807, 2.05) is 37.3 Å². The standard InChI is InChI=1S/C20H15ClN2O2S2/c1-13-10-15(21)2-4-17(13)20-18-5-3-16(11-14(18)6-7-23-20)27(24,25)12-19-22-8-9-26-19/h2-11H,12H2,1H3. The van der Waals surface area contributed by atoms with E-state index in [-0.39, 0.29) is 10.6 Å². The highest BCUT2D eigenvalue weighted by molar-refractivity contribution is 7.90. The summed E-state index contributed by atoms with van der Waals surface area (Å²) in [5, 5.41) is 4.76. The highest BCUT2D eigenvalue weighted by atomic mass is 35.5. The van der Waals surface area contributed by atoms with Gasteiger partial charge in [-0.15, -0.1) is 11.3 Å². The number of pyridine rings is 1. The predicted molar refractivity (Wildman–Crippen MR) is 110 cm³/mol. The number of halogens is 1. The van der Waals surface area contributed by atoms with Crippen molar-refractivity contribution in [2.45, 2.75) is 17.6 Å². The number of hydrogen-bond acceptors (Lipinski definition) is 5. The van der Waals surface area contributed by atoms with Crippen LogP contribution in [0.3, 0.4) is 0 Å². The van der Waals surface area contributed by atoms with Crippen molar-refractivity contribution in [1.29, 1.82) is 0 Å². The Morgan fingerprint density at radius 2 is 1.89 bits per heavy atom. The molecule has 0 unspecified atom stereocenters. The first-order chi connectivity index (χ1) is 12.9. The van der Waals surface area contributed by atoms with Gasteiger partial charge in [0.25, 0.3) is 0 Å². The minimum Gasteiger partial charge on any atom is -0.256 e. The average Bonchev–Trinajstić information content (AvgIpc) is 3.13. The van der Waals surface area contributed by atoms with Gasteiger partial charge in [-0.05, 0) is 48.2 Å². The minimum atomic E-state index is -3.46. The molecule has 0 amide bonds. The van der Waals surface area contributed by atoms with Crippen molar-refractivity contribution < 1.29 is 8.42 Å². The Kier molecular flexibility index (Phi) is 4.72. The lowest BCUT2D eigenvalue weighted by Crippen LogP contribution is -2.04. The Hall–Kier alpha value is -2.28. The van der Waals surface area contributed by atoms with Crippen LogP contribution in [0.15, 0.2) is 65.1 Å². The molecule has 0 fully saturated rings. The van der Waals surface area contributed by atoms with E-state index in [0.717, 1.165) is 27.6 Å². The van der Waals surface area contributed by atoms with E-state index in [0.29, 0.717) is 10.0 Å². The van der Waals surface area contributed by atoms with Crippen LogP contribution in [0, 0.1) is 6.92 Å². The summed E-state index contributed by atoms with van der Waals surface area (Å²) in [5.74, 6) is -0.0929. The smallest absolute Gasteiger partial charge is 0.184 e. The number of nitrogens with zero attached hydrogens (tertiary/aromatic N) is 2. The van der Waals surface area contributed by atoms with Crippen LogP contribution in [-0.2, 0) is 15.6 Å². The summed E-state index contributed by atoms with van der Waals surface area (Å²) in [6.45, 7) is 1.98. The van der Waals surface area contributed by atoms with E-state index >= 15 is 0 Å². The Balaban J connectivity index is 1.80. The first kappa shape index (κ1) is 18.1. The third-order valence-electron chi connectivity index (χ3n) is 4.34. The fourth-order valence-electron chi connectivity index (χ4n) is 3.03. The van der Waals surface area contributed by atoms with Crippen molar-refractivity contribution in [1.82, 2.24) is 9.97 Å². The Bertz CT molecular complexity index is 1240. The molecule has 0 bridgehead atoms. The highest BCUT2D eigenvalue weighted by Crippen LogP contribution is 2.32. The maximum absolute atomic E-state index is 12.7. The molecule has 2 heterocycles. The molecule has 0 radical (unpaired) electrons. The Labute approximate surface area is 166 Å². The molecule has 0 aliphatic carbocycles. The monoisotopic (exact) mass is 414 g/mol. The summed E-state index contributed by atoms with van der Waals surface area (Å²) in [7, 11) is -3.46. The normalized spacial score (nSPS) is 11.8. The number of hydrogen-bond donors (Lipinski definition) is 0. The summed E-state index contributed by atoms with van der Waals surface area (Å²) < 4.78 is 25.5. The van der Waals surface area contributed by atoms with Crippen molar-refractivity contribution in [3.05, 3.63) is 75.8 Å². The SMILES string of the molecule is Cc1cc(Cl)ccc1-c1nccc2cc(S(=O)(=O)Cc3nccs3)ccc12. The zero-order valence-electron chi connectivity index (χ0n) is 14.4. The van der Waals surface area contributed by atoms with E-state index < -0.39 is 9.84 Å². The molecular formula is C20H15ClN2O2S2. The molecule has 0 saturated heterocycles. The van der Waals surface area contributed by atoms with E-state index in [1.54, 1.807) is 29.9 Å². The van der Waals surface area contributed by atoms with Gasteiger partial charge in [-0.1, -0.05) is 23.7 Å². The number of thiazole rings is 1. The van der Waals surface area contributed by atoms with Gasteiger partial charge >= 0.3 is 0 Å². The van der Waals surface area contributed by atoms with Crippen LogP contribution in [0.25, 0.3) is 22.0 Å². The van der Waals surface area contributed by atoms with E-state index in [1.165, 1.54) is 11.3 Å². The van der Waals surface area contributed by atoms with E-state index in [2.05, 4.69) is 9.97 Å². The second-order valence-electron chi connectivity index (χ2n) is 6.19. The molecule has 0 aliphatic heterocycles. The maximum Gasteiger partial charge on any atom is 0.184 e. The molecule has 0 N–H and O–H groups in total. The van der Waals surface area contributed by atoms with Crippen molar-refractivity contribution in [2.75, 3.05) is 0 Å². The van der Waals surface area contributed by atoms with Gasteiger partial charge in [0.1, 0.15) is 10.8 Å². The zero-order valence-corrected chi connectivity index (χ0v) is 16.8. The Morgan fingerprint density at radius 3 is 2.63 bits per heavy atom. The van der Waals surface area contributed by atoms with Crippen LogP contribution in [0.2, 0.25) is 5.02 Å². The first-order valence-corrected chi connectivity index (χ1v) is 11.1. The van der Waals surface area contributed by atoms with Crippen LogP contribution in [0.4, 0.5) is 0 Å². The zero-order chi connectivity index (χ0) is 19.0. The molecule has 0 atom stereocenters. The molecule has 2 aromatic carbocycles. The number of aryl methyl sites for hydroxylation is 1. The molecule has 0 aliphatic rings. The minimum absolute atomic E-state index is 0.0929. The first-order valence-electron chi connectivity index (χ1n) is 8.20. The third-order valence-corrected chi connectivity index (χ3v) is 7.16. The molecular weight excluding hydrogens is 400 g/mol.